The van der Waals surface area contributed by atoms with E-state index in [4.69, 9.17) is 0 Å². The van der Waals surface area contributed by atoms with Crippen LogP contribution in [0.15, 0.2) is 36.3 Å². The van der Waals surface area contributed by atoms with Crippen molar-refractivity contribution < 1.29 is 4.79 Å². The summed E-state index contributed by atoms with van der Waals surface area (Å²) in [5.74, 6) is -0.195. The van der Waals surface area contributed by atoms with Crippen LogP contribution in [-0.2, 0) is 0 Å². The van der Waals surface area contributed by atoms with E-state index in [1.54, 1.807) is 18.3 Å². The van der Waals surface area contributed by atoms with Gasteiger partial charge in [-0.05, 0) is 26.0 Å². The molecule has 1 aromatic rings. The van der Waals surface area contributed by atoms with Crippen molar-refractivity contribution in [2.24, 2.45) is 0 Å². The maximum absolute atomic E-state index is 11.4. The topological polar surface area (TPSA) is 54.0 Å². The molecule has 0 fully saturated rings. The van der Waals surface area contributed by atoms with E-state index < -0.39 is 0 Å². The number of allylic oxidation sites excluding steroid dienone is 2. The molecule has 0 bridgehead atoms. The quantitative estimate of drug-likeness (QED) is 0.707. The van der Waals surface area contributed by atoms with E-state index in [-0.39, 0.29) is 5.91 Å². The smallest absolute Gasteiger partial charge is 0.271 e. The van der Waals surface area contributed by atoms with E-state index in [2.05, 4.69) is 15.8 Å². The molecular formula is C10H13N3O. The van der Waals surface area contributed by atoms with E-state index >= 15 is 0 Å². The normalized spacial score (nSPS) is 10.9. The number of hydrazine groups is 1. The Morgan fingerprint density at radius 3 is 2.86 bits per heavy atom. The number of aromatic nitrogens is 1. The van der Waals surface area contributed by atoms with Crippen LogP contribution in [0.2, 0.25) is 0 Å². The lowest BCUT2D eigenvalue weighted by Crippen LogP contribution is -2.35. The van der Waals surface area contributed by atoms with Gasteiger partial charge in [-0.2, -0.15) is 0 Å². The number of hydrogen-bond acceptors (Lipinski definition) is 3. The fourth-order valence-electron chi connectivity index (χ4n) is 0.797. The van der Waals surface area contributed by atoms with Crippen molar-refractivity contribution in [2.45, 2.75) is 13.8 Å². The molecule has 2 N–H and O–H groups in total. The molecule has 1 rings (SSSR count). The summed E-state index contributed by atoms with van der Waals surface area (Å²) in [6.07, 6.45) is 5.01. The molecule has 0 aliphatic carbocycles. The van der Waals surface area contributed by atoms with Crippen molar-refractivity contribution in [3.8, 4) is 0 Å². The van der Waals surface area contributed by atoms with Crippen LogP contribution in [0.1, 0.15) is 24.2 Å². The third-order valence-corrected chi connectivity index (χ3v) is 1.73. The first-order valence-electron chi connectivity index (χ1n) is 4.33. The molecule has 1 heterocycles. The molecule has 0 atom stereocenters. The Kier molecular flexibility index (Phi) is 3.67. The van der Waals surface area contributed by atoms with Crippen molar-refractivity contribution in [1.82, 2.24) is 15.8 Å². The number of nitrogens with one attached hydrogen (secondary N) is 2. The van der Waals surface area contributed by atoms with Crippen molar-refractivity contribution in [3.63, 3.8) is 0 Å². The maximum atomic E-state index is 11.4. The molecule has 1 aromatic heterocycles. The Hall–Kier alpha value is -1.84. The molecule has 0 aliphatic rings. The summed E-state index contributed by atoms with van der Waals surface area (Å²) < 4.78 is 0. The lowest BCUT2D eigenvalue weighted by Gasteiger charge is -2.07. The Bertz CT molecular complexity index is 332. The molecule has 14 heavy (non-hydrogen) atoms. The highest BCUT2D eigenvalue weighted by Crippen LogP contribution is 1.94. The van der Waals surface area contributed by atoms with Crippen molar-refractivity contribution in [1.29, 1.82) is 0 Å². The summed E-state index contributed by atoms with van der Waals surface area (Å²) in [6.45, 7) is 3.75. The van der Waals surface area contributed by atoms with Crippen LogP contribution in [0.4, 0.5) is 0 Å². The minimum Gasteiger partial charge on any atom is -0.303 e. The van der Waals surface area contributed by atoms with Gasteiger partial charge < -0.3 is 5.43 Å². The fourth-order valence-corrected chi connectivity index (χ4v) is 0.797. The van der Waals surface area contributed by atoms with Gasteiger partial charge in [0, 0.05) is 18.1 Å². The van der Waals surface area contributed by atoms with Gasteiger partial charge in [0.05, 0.1) is 5.56 Å². The minimum atomic E-state index is -0.195. The first kappa shape index (κ1) is 10.2. The Morgan fingerprint density at radius 2 is 2.29 bits per heavy atom. The maximum Gasteiger partial charge on any atom is 0.271 e. The highest BCUT2D eigenvalue weighted by molar-refractivity contribution is 5.93. The zero-order valence-corrected chi connectivity index (χ0v) is 8.24. The van der Waals surface area contributed by atoms with E-state index in [9.17, 15) is 4.79 Å². The van der Waals surface area contributed by atoms with E-state index in [0.29, 0.717) is 5.56 Å². The highest BCUT2D eigenvalue weighted by atomic mass is 16.2. The molecule has 4 heteroatoms. The first-order valence-corrected chi connectivity index (χ1v) is 4.33. The van der Waals surface area contributed by atoms with Crippen LogP contribution in [0.5, 0.6) is 0 Å². The number of rotatable bonds is 3. The number of carbonyl (C=O) groups is 1. The third-order valence-electron chi connectivity index (χ3n) is 1.73. The summed E-state index contributed by atoms with van der Waals surface area (Å²) in [4.78, 5) is 15.3. The second-order valence-corrected chi connectivity index (χ2v) is 2.79. The average molecular weight is 191 g/mol. The molecule has 0 aromatic carbocycles. The first-order chi connectivity index (χ1) is 6.74. The van der Waals surface area contributed by atoms with Crippen LogP contribution < -0.4 is 10.9 Å². The van der Waals surface area contributed by atoms with Gasteiger partial charge in [-0.1, -0.05) is 6.08 Å². The number of amides is 1. The number of hydrogen-bond donors (Lipinski definition) is 2. The second kappa shape index (κ2) is 5.01. The van der Waals surface area contributed by atoms with Crippen LogP contribution in [0.3, 0.4) is 0 Å². The van der Waals surface area contributed by atoms with Crippen LogP contribution in [0, 0.1) is 0 Å². The molecule has 0 aliphatic heterocycles. The van der Waals surface area contributed by atoms with Gasteiger partial charge in [0.25, 0.3) is 5.91 Å². The summed E-state index contributed by atoms with van der Waals surface area (Å²) in [5.41, 5.74) is 6.74. The van der Waals surface area contributed by atoms with Crippen LogP contribution >= 0.6 is 0 Å². The second-order valence-electron chi connectivity index (χ2n) is 2.79. The summed E-state index contributed by atoms with van der Waals surface area (Å²) in [5, 5.41) is 0. The molecule has 0 saturated carbocycles. The largest absolute Gasteiger partial charge is 0.303 e. The lowest BCUT2D eigenvalue weighted by atomic mass is 10.3. The van der Waals surface area contributed by atoms with Gasteiger partial charge >= 0.3 is 0 Å². The Labute approximate surface area is 83.0 Å². The van der Waals surface area contributed by atoms with Gasteiger partial charge in [-0.15, -0.1) is 0 Å². The monoisotopic (exact) mass is 191 g/mol. The molecular weight excluding hydrogens is 178 g/mol. The van der Waals surface area contributed by atoms with Crippen molar-refractivity contribution >= 4 is 5.91 Å². The van der Waals surface area contributed by atoms with E-state index in [1.807, 2.05) is 19.9 Å². The minimum absolute atomic E-state index is 0.195. The average Bonchev–Trinajstić information content (AvgIpc) is 2.26. The Balaban J connectivity index is 2.52. The summed E-state index contributed by atoms with van der Waals surface area (Å²) in [6, 6.07) is 3.42. The lowest BCUT2D eigenvalue weighted by molar-refractivity contribution is 0.0938. The summed E-state index contributed by atoms with van der Waals surface area (Å²) >= 11 is 0. The van der Waals surface area contributed by atoms with Crippen LogP contribution in [0.25, 0.3) is 0 Å². The SMILES string of the molecule is CC=C(C)NNC(=O)c1cccnc1. The predicted molar refractivity (Wildman–Crippen MR) is 54.3 cm³/mol. The number of carbonyl (C=O) groups excluding carboxylic acids is 1. The zero-order chi connectivity index (χ0) is 10.4. The molecule has 74 valence electrons. The molecule has 0 spiro atoms. The highest BCUT2D eigenvalue weighted by Gasteiger charge is 2.02. The van der Waals surface area contributed by atoms with Gasteiger partial charge in [-0.25, -0.2) is 0 Å². The van der Waals surface area contributed by atoms with Gasteiger partial charge in [-0.3, -0.25) is 15.2 Å². The number of pyridine rings is 1. The molecule has 0 saturated heterocycles. The zero-order valence-electron chi connectivity index (χ0n) is 8.24. The van der Waals surface area contributed by atoms with E-state index in [1.165, 1.54) is 6.20 Å². The molecule has 4 nitrogen and oxygen atoms in total. The predicted octanol–water partition coefficient (Wildman–Crippen LogP) is 1.24. The van der Waals surface area contributed by atoms with Crippen LogP contribution in [-0.4, -0.2) is 10.9 Å². The van der Waals surface area contributed by atoms with Gasteiger partial charge in [0.2, 0.25) is 0 Å². The van der Waals surface area contributed by atoms with E-state index in [0.717, 1.165) is 5.70 Å². The fraction of sp³-hybridized carbons (Fsp3) is 0.200. The van der Waals surface area contributed by atoms with Gasteiger partial charge in [0.1, 0.15) is 0 Å². The third kappa shape index (κ3) is 2.90. The molecule has 0 radical (unpaired) electrons. The standard InChI is InChI=1S/C10H13N3O/c1-3-8(2)12-13-10(14)9-5-4-6-11-7-9/h3-7,12H,1-2H3,(H,13,14). The summed E-state index contributed by atoms with van der Waals surface area (Å²) in [7, 11) is 0. The Morgan fingerprint density at radius 1 is 1.50 bits per heavy atom. The van der Waals surface area contributed by atoms with Crippen molar-refractivity contribution in [2.75, 3.05) is 0 Å². The van der Waals surface area contributed by atoms with Crippen molar-refractivity contribution in [3.05, 3.63) is 41.9 Å². The van der Waals surface area contributed by atoms with Gasteiger partial charge in [0.15, 0.2) is 0 Å². The molecule has 0 unspecified atom stereocenters. The molecule has 1 amide bonds. The number of nitrogens with zero attached hydrogens (tertiary/aromatic N) is 1.